The van der Waals surface area contributed by atoms with Gasteiger partial charge in [0.15, 0.2) is 0 Å². The van der Waals surface area contributed by atoms with Gasteiger partial charge in [0, 0.05) is 6.04 Å². The predicted molar refractivity (Wildman–Crippen MR) is 79.9 cm³/mol. The Balaban J connectivity index is 0.000000351. The zero-order valence-corrected chi connectivity index (χ0v) is 13.0. The van der Waals surface area contributed by atoms with Gasteiger partial charge in [-0.25, -0.2) is 4.79 Å². The molecule has 0 radical (unpaired) electrons. The Morgan fingerprint density at radius 3 is 2.29 bits per heavy atom. The summed E-state index contributed by atoms with van der Waals surface area (Å²) in [5.74, 6) is -2.90. The topological polar surface area (TPSA) is 98.7 Å². The van der Waals surface area contributed by atoms with Crippen LogP contribution >= 0.6 is 0 Å². The van der Waals surface area contributed by atoms with Gasteiger partial charge < -0.3 is 20.8 Å². The number of aryl methyl sites for hydroxylation is 1. The third kappa shape index (κ3) is 6.45. The number of carboxylic acids is 1. The fourth-order valence-electron chi connectivity index (χ4n) is 2.06. The molecule has 6 nitrogen and oxygen atoms in total. The quantitative estimate of drug-likeness (QED) is 0.653. The molecule has 2 rings (SSSR count). The van der Waals surface area contributed by atoms with Crippen molar-refractivity contribution in [3.05, 3.63) is 29.3 Å². The number of phenols is 1. The maximum Gasteiger partial charge on any atom is 0.490 e. The van der Waals surface area contributed by atoms with Crippen molar-refractivity contribution in [3.8, 4) is 5.75 Å². The van der Waals surface area contributed by atoms with Gasteiger partial charge in [-0.3, -0.25) is 4.79 Å². The van der Waals surface area contributed by atoms with E-state index in [1.54, 1.807) is 18.2 Å². The van der Waals surface area contributed by atoms with Gasteiger partial charge in [-0.15, -0.1) is 0 Å². The van der Waals surface area contributed by atoms with Crippen molar-refractivity contribution in [3.63, 3.8) is 0 Å². The highest BCUT2D eigenvalue weighted by Gasteiger charge is 2.38. The van der Waals surface area contributed by atoms with E-state index in [0.717, 1.165) is 31.5 Å². The summed E-state index contributed by atoms with van der Waals surface area (Å²) in [6.45, 7) is 3.77. The van der Waals surface area contributed by atoms with Gasteiger partial charge in [0.25, 0.3) is 5.91 Å². The minimum Gasteiger partial charge on any atom is -0.507 e. The number of carbonyl (C=O) groups is 2. The summed E-state index contributed by atoms with van der Waals surface area (Å²) >= 11 is 0. The zero-order chi connectivity index (χ0) is 18.3. The average Bonchev–Trinajstić information content (AvgIpc) is 2.50. The molecule has 0 aliphatic carbocycles. The van der Waals surface area contributed by atoms with Gasteiger partial charge in [-0.2, -0.15) is 13.2 Å². The molecular weight excluding hydrogens is 329 g/mol. The smallest absolute Gasteiger partial charge is 0.490 e. The first kappa shape index (κ1) is 19.8. The number of benzene rings is 1. The number of piperidine rings is 1. The number of phenolic OH excluding ortho intramolecular Hbond substituents is 1. The largest absolute Gasteiger partial charge is 0.507 e. The minimum atomic E-state index is -5.08. The predicted octanol–water partition coefficient (Wildman–Crippen LogP) is 1.82. The van der Waals surface area contributed by atoms with Crippen LogP contribution in [0.4, 0.5) is 13.2 Å². The number of carbonyl (C=O) groups excluding carboxylic acids is 1. The Labute approximate surface area is 136 Å². The van der Waals surface area contributed by atoms with E-state index in [1.807, 2.05) is 6.92 Å². The zero-order valence-electron chi connectivity index (χ0n) is 13.0. The molecule has 4 N–H and O–H groups in total. The van der Waals surface area contributed by atoms with Crippen molar-refractivity contribution < 1.29 is 33.0 Å². The van der Waals surface area contributed by atoms with Crippen molar-refractivity contribution in [2.24, 2.45) is 0 Å². The summed E-state index contributed by atoms with van der Waals surface area (Å²) in [5, 5.41) is 23.0. The number of halogens is 3. The molecule has 1 aromatic rings. The maximum absolute atomic E-state index is 12.0. The Morgan fingerprint density at radius 2 is 1.79 bits per heavy atom. The molecule has 1 saturated heterocycles. The van der Waals surface area contributed by atoms with Crippen molar-refractivity contribution in [1.29, 1.82) is 0 Å². The molecule has 134 valence electrons. The van der Waals surface area contributed by atoms with E-state index >= 15 is 0 Å². The molecule has 0 unspecified atom stereocenters. The van der Waals surface area contributed by atoms with Crippen LogP contribution in [0.15, 0.2) is 18.2 Å². The summed E-state index contributed by atoms with van der Waals surface area (Å²) in [7, 11) is 0. The molecule has 0 bridgehead atoms. The Bertz CT molecular complexity index is 585. The van der Waals surface area contributed by atoms with E-state index in [-0.39, 0.29) is 17.7 Å². The fourth-order valence-corrected chi connectivity index (χ4v) is 2.06. The highest BCUT2D eigenvalue weighted by molar-refractivity contribution is 5.97. The van der Waals surface area contributed by atoms with Crippen LogP contribution in [-0.2, 0) is 4.79 Å². The number of hydrogen-bond donors (Lipinski definition) is 4. The van der Waals surface area contributed by atoms with Crippen LogP contribution in [0.3, 0.4) is 0 Å². The second-order valence-corrected chi connectivity index (χ2v) is 5.32. The van der Waals surface area contributed by atoms with E-state index in [1.165, 1.54) is 0 Å². The molecule has 1 heterocycles. The number of aromatic hydroxyl groups is 1. The summed E-state index contributed by atoms with van der Waals surface area (Å²) in [6, 6.07) is 5.28. The first-order valence-electron chi connectivity index (χ1n) is 7.22. The summed E-state index contributed by atoms with van der Waals surface area (Å²) in [4.78, 5) is 20.9. The molecule has 1 aliphatic rings. The van der Waals surface area contributed by atoms with Crippen LogP contribution in [0.1, 0.15) is 28.8 Å². The van der Waals surface area contributed by atoms with Crippen molar-refractivity contribution in [2.75, 3.05) is 13.1 Å². The van der Waals surface area contributed by atoms with Gasteiger partial charge in [0.1, 0.15) is 5.75 Å². The molecule has 1 aliphatic heterocycles. The standard InChI is InChI=1S/C13H18N2O2.C2HF3O2/c1-9-2-3-12(16)11(8-9)13(17)15-10-4-6-14-7-5-10;3-2(4,5)1(6)7/h2-3,8,10,14,16H,4-7H2,1H3,(H,15,17);(H,6,7). The summed E-state index contributed by atoms with van der Waals surface area (Å²) < 4.78 is 31.7. The highest BCUT2D eigenvalue weighted by Crippen LogP contribution is 2.18. The van der Waals surface area contributed by atoms with Gasteiger partial charge in [0.05, 0.1) is 5.56 Å². The fraction of sp³-hybridized carbons (Fsp3) is 0.467. The number of alkyl halides is 3. The molecule has 24 heavy (non-hydrogen) atoms. The third-order valence-electron chi connectivity index (χ3n) is 3.31. The van der Waals surface area contributed by atoms with Crippen LogP contribution in [0.5, 0.6) is 5.75 Å². The molecule has 0 aromatic heterocycles. The summed E-state index contributed by atoms with van der Waals surface area (Å²) in [5.41, 5.74) is 1.33. The minimum absolute atomic E-state index is 0.0436. The lowest BCUT2D eigenvalue weighted by Crippen LogP contribution is -2.42. The van der Waals surface area contributed by atoms with Crippen LogP contribution < -0.4 is 10.6 Å². The number of carboxylic acid groups (broad SMARTS) is 1. The van der Waals surface area contributed by atoms with Crippen molar-refractivity contribution >= 4 is 11.9 Å². The normalized spacial score (nSPS) is 15.2. The van der Waals surface area contributed by atoms with Crippen LogP contribution in [0.2, 0.25) is 0 Å². The van der Waals surface area contributed by atoms with Crippen LogP contribution in [0.25, 0.3) is 0 Å². The molecule has 1 fully saturated rings. The Hall–Kier alpha value is -2.29. The van der Waals surface area contributed by atoms with Crippen LogP contribution in [-0.4, -0.2) is 47.4 Å². The SMILES string of the molecule is Cc1ccc(O)c(C(=O)NC2CCNCC2)c1.O=C(O)C(F)(F)F. The number of nitrogens with one attached hydrogen (secondary N) is 2. The molecule has 9 heteroatoms. The van der Waals surface area contributed by atoms with E-state index in [4.69, 9.17) is 9.90 Å². The first-order chi connectivity index (χ1) is 11.1. The molecule has 0 atom stereocenters. The van der Waals surface area contributed by atoms with Gasteiger partial charge >= 0.3 is 12.1 Å². The van der Waals surface area contributed by atoms with E-state index < -0.39 is 12.1 Å². The van der Waals surface area contributed by atoms with Crippen molar-refractivity contribution in [2.45, 2.75) is 32.0 Å². The lowest BCUT2D eigenvalue weighted by Gasteiger charge is -2.23. The van der Waals surface area contributed by atoms with Crippen LogP contribution in [0, 0.1) is 6.92 Å². The number of hydrogen-bond acceptors (Lipinski definition) is 4. The lowest BCUT2D eigenvalue weighted by molar-refractivity contribution is -0.192. The number of amides is 1. The molecule has 1 amide bonds. The van der Waals surface area contributed by atoms with Gasteiger partial charge in [-0.1, -0.05) is 11.6 Å². The van der Waals surface area contributed by atoms with E-state index in [2.05, 4.69) is 10.6 Å². The maximum atomic E-state index is 12.0. The number of aliphatic carboxylic acids is 1. The Kier molecular flexibility index (Phi) is 7.02. The second kappa shape index (κ2) is 8.53. The average molecular weight is 348 g/mol. The van der Waals surface area contributed by atoms with Gasteiger partial charge in [-0.05, 0) is 45.0 Å². The molecule has 1 aromatic carbocycles. The Morgan fingerprint density at radius 1 is 1.25 bits per heavy atom. The number of rotatable bonds is 2. The van der Waals surface area contributed by atoms with Crippen molar-refractivity contribution in [1.82, 2.24) is 10.6 Å². The third-order valence-corrected chi connectivity index (χ3v) is 3.31. The van der Waals surface area contributed by atoms with Gasteiger partial charge in [0.2, 0.25) is 0 Å². The second-order valence-electron chi connectivity index (χ2n) is 5.32. The van der Waals surface area contributed by atoms with E-state index in [9.17, 15) is 23.1 Å². The van der Waals surface area contributed by atoms with E-state index in [0.29, 0.717) is 5.56 Å². The lowest BCUT2D eigenvalue weighted by atomic mass is 10.1. The monoisotopic (exact) mass is 348 g/mol. The first-order valence-corrected chi connectivity index (χ1v) is 7.22. The molecule has 0 spiro atoms. The molecular formula is C15H19F3N2O4. The summed E-state index contributed by atoms with van der Waals surface area (Å²) in [6.07, 6.45) is -3.20. The highest BCUT2D eigenvalue weighted by atomic mass is 19.4. The molecule has 0 saturated carbocycles.